The van der Waals surface area contributed by atoms with Gasteiger partial charge in [0.05, 0.1) is 18.5 Å². The number of fused-ring (bicyclic) bond motifs is 1. The highest BCUT2D eigenvalue weighted by Crippen LogP contribution is 2.23. The molecule has 7 heteroatoms. The maximum absolute atomic E-state index is 12.9. The van der Waals surface area contributed by atoms with E-state index in [0.29, 0.717) is 17.7 Å². The fraction of sp³-hybridized carbons (Fsp3) is 0.263. The third-order valence-electron chi connectivity index (χ3n) is 4.18. The zero-order valence-electron chi connectivity index (χ0n) is 14.5. The molecule has 0 spiro atoms. The van der Waals surface area contributed by atoms with E-state index in [-0.39, 0.29) is 24.3 Å². The van der Waals surface area contributed by atoms with Gasteiger partial charge in [0.1, 0.15) is 18.6 Å². The Morgan fingerprint density at radius 2 is 1.96 bits per heavy atom. The van der Waals surface area contributed by atoms with E-state index in [4.69, 9.17) is 9.25 Å². The van der Waals surface area contributed by atoms with Crippen molar-refractivity contribution in [2.24, 2.45) is 5.16 Å². The fourth-order valence-electron chi connectivity index (χ4n) is 2.96. The first-order chi connectivity index (χ1) is 12.5. The number of rotatable bonds is 5. The highest BCUT2D eigenvalue weighted by molar-refractivity contribution is 6.14. The van der Waals surface area contributed by atoms with Crippen molar-refractivity contribution in [3.8, 4) is 0 Å². The molecule has 0 N–H and O–H groups in total. The van der Waals surface area contributed by atoms with Crippen LogP contribution in [0.15, 0.2) is 50.8 Å². The molecule has 134 valence electrons. The van der Waals surface area contributed by atoms with E-state index in [1.807, 2.05) is 37.3 Å². The first-order valence-electron chi connectivity index (χ1n) is 8.21. The van der Waals surface area contributed by atoms with Gasteiger partial charge in [-0.3, -0.25) is 14.5 Å². The second-order valence-electron chi connectivity index (χ2n) is 5.79. The summed E-state index contributed by atoms with van der Waals surface area (Å²) in [6.45, 7) is 1.81. The van der Waals surface area contributed by atoms with Gasteiger partial charge in [-0.2, -0.15) is 0 Å². The topological polar surface area (TPSA) is 89.2 Å². The van der Waals surface area contributed by atoms with Gasteiger partial charge in [-0.1, -0.05) is 42.4 Å². The lowest BCUT2D eigenvalue weighted by atomic mass is 9.98. The number of benzene rings is 1. The van der Waals surface area contributed by atoms with Crippen LogP contribution in [0.4, 0.5) is 0 Å². The van der Waals surface area contributed by atoms with E-state index >= 15 is 0 Å². The molecule has 0 aliphatic carbocycles. The van der Waals surface area contributed by atoms with Crippen molar-refractivity contribution in [2.45, 2.75) is 19.8 Å². The summed E-state index contributed by atoms with van der Waals surface area (Å²) >= 11 is 0. The molecule has 1 aliphatic rings. The lowest BCUT2D eigenvalue weighted by Crippen LogP contribution is -2.46. The number of hydrogen-bond acceptors (Lipinski definition) is 6. The molecule has 1 aromatic heterocycles. The molecule has 0 unspecified atom stereocenters. The molecule has 2 heterocycles. The fourth-order valence-corrected chi connectivity index (χ4v) is 2.96. The molecule has 1 aliphatic heterocycles. The summed E-state index contributed by atoms with van der Waals surface area (Å²) in [6, 6.07) is 10.5. The van der Waals surface area contributed by atoms with E-state index in [2.05, 4.69) is 5.16 Å². The average Bonchev–Trinajstić information content (AvgIpc) is 2.63. The van der Waals surface area contributed by atoms with Gasteiger partial charge in [-0.05, 0) is 12.0 Å². The van der Waals surface area contributed by atoms with Crippen LogP contribution in [0.1, 0.15) is 34.2 Å². The highest BCUT2D eigenvalue weighted by atomic mass is 16.6. The molecular formula is C19H18N2O5. The van der Waals surface area contributed by atoms with E-state index in [1.54, 1.807) is 0 Å². The third-order valence-corrected chi connectivity index (χ3v) is 4.18. The van der Waals surface area contributed by atoms with Gasteiger partial charge in [-0.15, -0.1) is 0 Å². The molecule has 2 amide bonds. The smallest absolute Gasteiger partial charge is 0.336 e. The Hall–Kier alpha value is -3.22. The molecular weight excluding hydrogens is 336 g/mol. The number of imide groups is 1. The zero-order chi connectivity index (χ0) is 18.7. The second-order valence-corrected chi connectivity index (χ2v) is 5.79. The van der Waals surface area contributed by atoms with E-state index < -0.39 is 17.4 Å². The number of oxime groups is 1. The average molecular weight is 354 g/mol. The van der Waals surface area contributed by atoms with Crippen molar-refractivity contribution < 1.29 is 18.8 Å². The first kappa shape index (κ1) is 17.6. The molecule has 0 saturated heterocycles. The molecule has 0 radical (unpaired) electrons. The van der Waals surface area contributed by atoms with Crippen molar-refractivity contribution in [2.75, 3.05) is 13.7 Å². The Balaban J connectivity index is 1.99. The summed E-state index contributed by atoms with van der Waals surface area (Å²) in [6.07, 6.45) is 0.346. The number of amides is 2. The van der Waals surface area contributed by atoms with Crippen LogP contribution in [-0.4, -0.2) is 36.1 Å². The molecule has 0 fully saturated rings. The van der Waals surface area contributed by atoms with Crippen molar-refractivity contribution in [1.82, 2.24) is 4.90 Å². The summed E-state index contributed by atoms with van der Waals surface area (Å²) in [5.74, 6) is -0.805. The lowest BCUT2D eigenvalue weighted by Gasteiger charge is -2.27. The predicted octanol–water partition coefficient (Wildman–Crippen LogP) is 1.78. The SMILES string of the molecule is CCc1cc(=O)oc2c1C(=O)N(CC(=NOC)c1ccccc1)C(=O)C2. The minimum atomic E-state index is -0.555. The normalized spacial score (nSPS) is 14.4. The number of hydrogen-bond donors (Lipinski definition) is 0. The number of nitrogens with zero attached hydrogens (tertiary/aromatic N) is 2. The largest absolute Gasteiger partial charge is 0.426 e. The number of aryl methyl sites for hydroxylation is 1. The minimum Gasteiger partial charge on any atom is -0.426 e. The molecule has 0 atom stereocenters. The first-order valence-corrected chi connectivity index (χ1v) is 8.21. The van der Waals surface area contributed by atoms with Gasteiger partial charge >= 0.3 is 5.63 Å². The maximum atomic E-state index is 12.9. The van der Waals surface area contributed by atoms with Gasteiger partial charge < -0.3 is 9.25 Å². The quantitative estimate of drug-likeness (QED) is 0.464. The Morgan fingerprint density at radius 1 is 1.23 bits per heavy atom. The molecule has 2 aromatic rings. The Kier molecular flexibility index (Phi) is 4.97. The van der Waals surface area contributed by atoms with Crippen LogP contribution >= 0.6 is 0 Å². The van der Waals surface area contributed by atoms with E-state index in [0.717, 1.165) is 10.5 Å². The lowest BCUT2D eigenvalue weighted by molar-refractivity contribution is -0.128. The Morgan fingerprint density at radius 3 is 2.62 bits per heavy atom. The summed E-state index contributed by atoms with van der Waals surface area (Å²) in [5, 5.41) is 3.97. The van der Waals surface area contributed by atoms with Gasteiger partial charge in [0.15, 0.2) is 0 Å². The summed E-state index contributed by atoms with van der Waals surface area (Å²) in [7, 11) is 1.40. The van der Waals surface area contributed by atoms with Crippen LogP contribution in [-0.2, 0) is 22.5 Å². The third kappa shape index (κ3) is 3.28. The monoisotopic (exact) mass is 354 g/mol. The van der Waals surface area contributed by atoms with Gasteiger partial charge in [0.25, 0.3) is 5.91 Å². The Bertz CT molecular complexity index is 931. The molecule has 3 rings (SSSR count). The van der Waals surface area contributed by atoms with Crippen molar-refractivity contribution in [1.29, 1.82) is 0 Å². The van der Waals surface area contributed by atoms with Crippen molar-refractivity contribution in [3.63, 3.8) is 0 Å². The van der Waals surface area contributed by atoms with Crippen LogP contribution in [0.2, 0.25) is 0 Å². The van der Waals surface area contributed by atoms with Gasteiger partial charge in [-0.25, -0.2) is 4.79 Å². The molecule has 0 saturated carbocycles. The Labute approximate surface area is 149 Å². The summed E-state index contributed by atoms with van der Waals surface area (Å²) in [5.41, 5.74) is 1.51. The number of carbonyl (C=O) groups excluding carboxylic acids is 2. The van der Waals surface area contributed by atoms with Crippen LogP contribution in [0.3, 0.4) is 0 Å². The number of carbonyl (C=O) groups is 2. The molecule has 0 bridgehead atoms. The minimum absolute atomic E-state index is 0.0305. The van der Waals surface area contributed by atoms with E-state index in [1.165, 1.54) is 13.2 Å². The molecule has 26 heavy (non-hydrogen) atoms. The molecule has 7 nitrogen and oxygen atoms in total. The zero-order valence-corrected chi connectivity index (χ0v) is 14.5. The summed E-state index contributed by atoms with van der Waals surface area (Å²) < 4.78 is 5.09. The molecule has 1 aromatic carbocycles. The second kappa shape index (κ2) is 7.35. The van der Waals surface area contributed by atoms with Gasteiger partial charge in [0.2, 0.25) is 5.91 Å². The van der Waals surface area contributed by atoms with Gasteiger partial charge in [0, 0.05) is 11.6 Å². The summed E-state index contributed by atoms with van der Waals surface area (Å²) in [4.78, 5) is 43.1. The highest BCUT2D eigenvalue weighted by Gasteiger charge is 2.35. The van der Waals surface area contributed by atoms with Crippen LogP contribution in [0, 0.1) is 0 Å². The maximum Gasteiger partial charge on any atom is 0.336 e. The predicted molar refractivity (Wildman–Crippen MR) is 94.1 cm³/mol. The van der Waals surface area contributed by atoms with Crippen LogP contribution in [0.25, 0.3) is 0 Å². The van der Waals surface area contributed by atoms with Crippen LogP contribution in [0.5, 0.6) is 0 Å². The standard InChI is InChI=1S/C19H18N2O5/c1-3-12-9-17(23)26-15-10-16(22)21(19(24)18(12)15)11-14(20-25-2)13-7-5-4-6-8-13/h4-9H,3,10-11H2,1-2H3. The van der Waals surface area contributed by atoms with Crippen LogP contribution < -0.4 is 5.63 Å². The van der Waals surface area contributed by atoms with E-state index in [9.17, 15) is 14.4 Å². The van der Waals surface area contributed by atoms with Crippen molar-refractivity contribution in [3.05, 3.63) is 69.3 Å². The van der Waals surface area contributed by atoms with Crippen molar-refractivity contribution >= 4 is 17.5 Å².